The monoisotopic (exact) mass is 299 g/mol. The van der Waals surface area contributed by atoms with E-state index in [9.17, 15) is 4.79 Å². The van der Waals surface area contributed by atoms with E-state index in [1.807, 2.05) is 6.07 Å². The van der Waals surface area contributed by atoms with E-state index in [0.29, 0.717) is 12.3 Å². The van der Waals surface area contributed by atoms with Gasteiger partial charge in [-0.25, -0.2) is 0 Å². The summed E-state index contributed by atoms with van der Waals surface area (Å²) >= 11 is 1.77. The fourth-order valence-corrected chi connectivity index (χ4v) is 4.67. The molecule has 1 aliphatic rings. The van der Waals surface area contributed by atoms with E-state index in [4.69, 9.17) is 0 Å². The third kappa shape index (κ3) is 2.51. The molecule has 1 N–H and O–H groups in total. The molecule has 1 aliphatic heterocycles. The Kier molecular flexibility index (Phi) is 3.85. The van der Waals surface area contributed by atoms with Crippen LogP contribution in [0.1, 0.15) is 30.7 Å². The number of amides is 1. The Balaban J connectivity index is 1.98. The zero-order valence-corrected chi connectivity index (χ0v) is 13.3. The third-order valence-electron chi connectivity index (χ3n) is 4.70. The van der Waals surface area contributed by atoms with Gasteiger partial charge in [0.25, 0.3) is 0 Å². The molecule has 2 aromatic rings. The Hall–Kier alpha value is -1.61. The average molecular weight is 299 g/mol. The van der Waals surface area contributed by atoms with Gasteiger partial charge in [-0.3, -0.25) is 4.79 Å². The number of carbonyl (C=O) groups is 1. The number of benzene rings is 1. The molecule has 0 aliphatic carbocycles. The van der Waals surface area contributed by atoms with E-state index in [1.165, 1.54) is 10.4 Å². The Labute approximate surface area is 130 Å². The predicted octanol–water partition coefficient (Wildman–Crippen LogP) is 3.77. The highest BCUT2D eigenvalue weighted by Gasteiger charge is 2.50. The molecule has 0 spiro atoms. The van der Waals surface area contributed by atoms with Gasteiger partial charge in [-0.15, -0.1) is 11.3 Å². The van der Waals surface area contributed by atoms with Crippen LogP contribution in [0.4, 0.5) is 0 Å². The molecule has 2 unspecified atom stereocenters. The zero-order valence-electron chi connectivity index (χ0n) is 12.5. The molecular weight excluding hydrogens is 278 g/mol. The maximum absolute atomic E-state index is 12.2. The van der Waals surface area contributed by atoms with Crippen molar-refractivity contribution in [2.75, 3.05) is 0 Å². The van der Waals surface area contributed by atoms with Crippen LogP contribution in [0.5, 0.6) is 0 Å². The molecule has 2 heterocycles. The van der Waals surface area contributed by atoms with Crippen LogP contribution < -0.4 is 5.32 Å². The second-order valence-electron chi connectivity index (χ2n) is 6.16. The quantitative estimate of drug-likeness (QED) is 0.914. The van der Waals surface area contributed by atoms with Gasteiger partial charge in [0, 0.05) is 22.8 Å². The Morgan fingerprint density at radius 1 is 1.24 bits per heavy atom. The number of hydrogen-bond donors (Lipinski definition) is 1. The summed E-state index contributed by atoms with van der Waals surface area (Å²) in [6, 6.07) is 14.9. The van der Waals surface area contributed by atoms with Crippen molar-refractivity contribution in [3.8, 4) is 0 Å². The topological polar surface area (TPSA) is 29.1 Å². The van der Waals surface area contributed by atoms with E-state index in [-0.39, 0.29) is 17.4 Å². The minimum Gasteiger partial charge on any atom is -0.352 e. The molecule has 2 nitrogen and oxygen atoms in total. The van der Waals surface area contributed by atoms with Crippen molar-refractivity contribution < 1.29 is 4.79 Å². The lowest BCUT2D eigenvalue weighted by atomic mass is 9.68. The lowest BCUT2D eigenvalue weighted by Crippen LogP contribution is -2.45. The number of thiophene rings is 1. The first-order chi connectivity index (χ1) is 10.1. The highest BCUT2D eigenvalue weighted by molar-refractivity contribution is 7.10. The molecule has 0 radical (unpaired) electrons. The zero-order chi connectivity index (χ0) is 14.9. The SMILES string of the molecule is CC(C)C1(c2cccs2)CC(=O)NC1Cc1ccccc1. The standard InChI is InChI=1S/C18H21NOS/c1-13(2)18(16-9-6-10-21-16)12-17(20)19-15(18)11-14-7-4-3-5-8-14/h3-10,13,15H,11-12H2,1-2H3,(H,19,20). The summed E-state index contributed by atoms with van der Waals surface area (Å²) in [6.45, 7) is 4.47. The largest absolute Gasteiger partial charge is 0.352 e. The van der Waals surface area contributed by atoms with Gasteiger partial charge in [-0.2, -0.15) is 0 Å². The Bertz CT molecular complexity index is 605. The highest BCUT2D eigenvalue weighted by atomic mass is 32.1. The van der Waals surface area contributed by atoms with Crippen molar-refractivity contribution in [1.29, 1.82) is 0 Å². The molecular formula is C18H21NOS. The summed E-state index contributed by atoms with van der Waals surface area (Å²) in [7, 11) is 0. The first-order valence-corrected chi connectivity index (χ1v) is 8.38. The van der Waals surface area contributed by atoms with Crippen LogP contribution in [-0.4, -0.2) is 11.9 Å². The maximum Gasteiger partial charge on any atom is 0.221 e. The van der Waals surface area contributed by atoms with Crippen molar-refractivity contribution >= 4 is 17.2 Å². The number of nitrogens with one attached hydrogen (secondary N) is 1. The minimum absolute atomic E-state index is 0.0823. The molecule has 3 heteroatoms. The van der Waals surface area contributed by atoms with E-state index in [2.05, 4.69) is 60.9 Å². The number of hydrogen-bond acceptors (Lipinski definition) is 2. The number of carbonyl (C=O) groups excluding carboxylic acids is 1. The molecule has 1 saturated heterocycles. The van der Waals surface area contributed by atoms with Crippen molar-refractivity contribution in [1.82, 2.24) is 5.32 Å². The van der Waals surface area contributed by atoms with Crippen LogP contribution >= 0.6 is 11.3 Å². The molecule has 1 aromatic heterocycles. The third-order valence-corrected chi connectivity index (χ3v) is 5.77. The van der Waals surface area contributed by atoms with Gasteiger partial charge in [0.15, 0.2) is 0 Å². The molecule has 2 atom stereocenters. The lowest BCUT2D eigenvalue weighted by molar-refractivity contribution is -0.119. The molecule has 1 fully saturated rings. The van der Waals surface area contributed by atoms with Crippen LogP contribution in [0.2, 0.25) is 0 Å². The molecule has 1 amide bonds. The van der Waals surface area contributed by atoms with Crippen molar-refractivity contribution in [3.05, 3.63) is 58.3 Å². The van der Waals surface area contributed by atoms with E-state index in [1.54, 1.807) is 11.3 Å². The van der Waals surface area contributed by atoms with Crippen molar-refractivity contribution in [2.45, 2.75) is 38.1 Å². The summed E-state index contributed by atoms with van der Waals surface area (Å²) < 4.78 is 0. The molecule has 0 saturated carbocycles. The van der Waals surface area contributed by atoms with Gasteiger partial charge in [0.2, 0.25) is 5.91 Å². The summed E-state index contributed by atoms with van der Waals surface area (Å²) in [4.78, 5) is 13.5. The van der Waals surface area contributed by atoms with Crippen molar-refractivity contribution in [3.63, 3.8) is 0 Å². The summed E-state index contributed by atoms with van der Waals surface area (Å²) in [5.74, 6) is 0.599. The van der Waals surface area contributed by atoms with E-state index >= 15 is 0 Å². The minimum atomic E-state index is -0.0823. The van der Waals surface area contributed by atoms with Crippen LogP contribution in [0, 0.1) is 5.92 Å². The smallest absolute Gasteiger partial charge is 0.221 e. The molecule has 0 bridgehead atoms. The summed E-state index contributed by atoms with van der Waals surface area (Å²) in [5.41, 5.74) is 1.20. The molecule has 3 rings (SSSR count). The lowest BCUT2D eigenvalue weighted by Gasteiger charge is -2.37. The Morgan fingerprint density at radius 3 is 2.62 bits per heavy atom. The predicted molar refractivity (Wildman–Crippen MR) is 87.5 cm³/mol. The molecule has 1 aromatic carbocycles. The highest BCUT2D eigenvalue weighted by Crippen LogP contribution is 2.45. The van der Waals surface area contributed by atoms with Gasteiger partial charge in [-0.1, -0.05) is 50.2 Å². The molecule has 110 valence electrons. The van der Waals surface area contributed by atoms with E-state index < -0.39 is 0 Å². The first kappa shape index (κ1) is 14.3. The Morgan fingerprint density at radius 2 is 2.00 bits per heavy atom. The van der Waals surface area contributed by atoms with Crippen molar-refractivity contribution in [2.24, 2.45) is 5.92 Å². The van der Waals surface area contributed by atoms with Gasteiger partial charge in [0.1, 0.15) is 0 Å². The summed E-state index contributed by atoms with van der Waals surface area (Å²) in [6.07, 6.45) is 1.49. The van der Waals surface area contributed by atoms with Gasteiger partial charge in [0.05, 0.1) is 0 Å². The van der Waals surface area contributed by atoms with Gasteiger partial charge in [-0.05, 0) is 29.3 Å². The average Bonchev–Trinajstić information content (AvgIpc) is 3.08. The number of rotatable bonds is 4. The maximum atomic E-state index is 12.2. The normalized spacial score (nSPS) is 25.3. The van der Waals surface area contributed by atoms with Crippen LogP contribution in [0.25, 0.3) is 0 Å². The fraction of sp³-hybridized carbons (Fsp3) is 0.389. The fourth-order valence-electron chi connectivity index (χ4n) is 3.54. The van der Waals surface area contributed by atoms with Gasteiger partial charge < -0.3 is 5.32 Å². The van der Waals surface area contributed by atoms with Gasteiger partial charge >= 0.3 is 0 Å². The molecule has 21 heavy (non-hydrogen) atoms. The van der Waals surface area contributed by atoms with Crippen LogP contribution in [0.3, 0.4) is 0 Å². The van der Waals surface area contributed by atoms with E-state index in [0.717, 1.165) is 6.42 Å². The first-order valence-electron chi connectivity index (χ1n) is 7.50. The second-order valence-corrected chi connectivity index (χ2v) is 7.11. The summed E-state index contributed by atoms with van der Waals surface area (Å²) in [5, 5.41) is 5.34. The van der Waals surface area contributed by atoms with Crippen LogP contribution in [0.15, 0.2) is 47.8 Å². The second kappa shape index (κ2) is 5.64. The van der Waals surface area contributed by atoms with Crippen LogP contribution in [-0.2, 0) is 16.6 Å².